The molecular formula is C36H42O2. The van der Waals surface area contributed by atoms with Crippen molar-refractivity contribution in [2.45, 2.75) is 84.0 Å². The zero-order valence-electron chi connectivity index (χ0n) is 23.0. The molecule has 0 unspecified atom stereocenters. The SMILES string of the molecule is CCCCC/C=C\C/C=C\CCCCCCCC(=O)Oc1cccc2cc3cc4ccccc4cc3cc12. The van der Waals surface area contributed by atoms with Crippen molar-refractivity contribution in [3.63, 3.8) is 0 Å². The zero-order valence-corrected chi connectivity index (χ0v) is 23.0. The van der Waals surface area contributed by atoms with Gasteiger partial charge in [0.2, 0.25) is 0 Å². The van der Waals surface area contributed by atoms with Crippen molar-refractivity contribution >= 4 is 38.3 Å². The van der Waals surface area contributed by atoms with Crippen LogP contribution >= 0.6 is 0 Å². The van der Waals surface area contributed by atoms with Crippen molar-refractivity contribution in [3.8, 4) is 5.75 Å². The van der Waals surface area contributed by atoms with Crippen LogP contribution in [0.15, 0.2) is 91.0 Å². The van der Waals surface area contributed by atoms with Crippen molar-refractivity contribution in [2.24, 2.45) is 0 Å². The van der Waals surface area contributed by atoms with Crippen LogP contribution in [0.3, 0.4) is 0 Å². The standard InChI is InChI=1S/C36H42O2/c1-2-3-4-5-6-7-8-9-10-11-12-13-14-15-16-24-36(37)38-35-23-19-22-31-27-32-25-29-20-17-18-21-30(29)26-33(32)28-34(31)35/h6-7,9-10,17-23,25-28H,2-5,8,11-16,24H2,1H3/b7-6-,10-9-. The lowest BCUT2D eigenvalue weighted by molar-refractivity contribution is -0.134. The van der Waals surface area contributed by atoms with E-state index in [0.717, 1.165) is 41.8 Å². The molecule has 0 bridgehead atoms. The highest BCUT2D eigenvalue weighted by molar-refractivity contribution is 6.06. The van der Waals surface area contributed by atoms with E-state index < -0.39 is 0 Å². The van der Waals surface area contributed by atoms with E-state index in [4.69, 9.17) is 4.74 Å². The number of allylic oxidation sites excluding steroid dienone is 4. The average molecular weight is 507 g/mol. The lowest BCUT2D eigenvalue weighted by Crippen LogP contribution is -2.07. The summed E-state index contributed by atoms with van der Waals surface area (Å²) in [4.78, 5) is 12.6. The van der Waals surface area contributed by atoms with Crippen LogP contribution in [0.25, 0.3) is 32.3 Å². The first kappa shape index (κ1) is 27.6. The normalized spacial score (nSPS) is 11.9. The Morgan fingerprint density at radius 1 is 0.632 bits per heavy atom. The maximum atomic E-state index is 12.6. The molecule has 0 atom stereocenters. The Balaban J connectivity index is 1.17. The molecule has 0 radical (unpaired) electrons. The fourth-order valence-electron chi connectivity index (χ4n) is 5.03. The molecule has 0 aromatic heterocycles. The predicted octanol–water partition coefficient (Wildman–Crippen LogP) is 10.9. The third-order valence-corrected chi connectivity index (χ3v) is 7.22. The van der Waals surface area contributed by atoms with Crippen molar-refractivity contribution < 1.29 is 9.53 Å². The summed E-state index contributed by atoms with van der Waals surface area (Å²) in [6, 6.07) is 23.2. The molecule has 0 N–H and O–H groups in total. The first-order chi connectivity index (χ1) is 18.7. The lowest BCUT2D eigenvalue weighted by atomic mass is 9.99. The highest BCUT2D eigenvalue weighted by atomic mass is 16.5. The van der Waals surface area contributed by atoms with Gasteiger partial charge in [-0.1, -0.05) is 99.7 Å². The van der Waals surface area contributed by atoms with Crippen LogP contribution in [0.2, 0.25) is 0 Å². The molecule has 0 saturated carbocycles. The maximum Gasteiger partial charge on any atom is 0.311 e. The van der Waals surface area contributed by atoms with Gasteiger partial charge in [0.05, 0.1) is 0 Å². The Hall–Kier alpha value is -3.39. The van der Waals surface area contributed by atoms with Crippen LogP contribution in [0.1, 0.15) is 84.0 Å². The van der Waals surface area contributed by atoms with Gasteiger partial charge in [-0.2, -0.15) is 0 Å². The minimum atomic E-state index is -0.137. The van der Waals surface area contributed by atoms with Gasteiger partial charge in [-0.05, 0) is 95.8 Å². The van der Waals surface area contributed by atoms with Crippen molar-refractivity contribution in [2.75, 3.05) is 0 Å². The quantitative estimate of drug-likeness (QED) is 0.0527. The van der Waals surface area contributed by atoms with Gasteiger partial charge in [-0.25, -0.2) is 0 Å². The number of hydrogen-bond donors (Lipinski definition) is 0. The second-order valence-corrected chi connectivity index (χ2v) is 10.3. The van der Waals surface area contributed by atoms with Crippen LogP contribution in [0, 0.1) is 0 Å². The number of hydrogen-bond acceptors (Lipinski definition) is 2. The van der Waals surface area contributed by atoms with Crippen molar-refractivity contribution in [1.82, 2.24) is 0 Å². The van der Waals surface area contributed by atoms with Crippen LogP contribution in [0.4, 0.5) is 0 Å². The Morgan fingerprint density at radius 2 is 1.24 bits per heavy atom. The first-order valence-corrected chi connectivity index (χ1v) is 14.6. The third-order valence-electron chi connectivity index (χ3n) is 7.22. The summed E-state index contributed by atoms with van der Waals surface area (Å²) < 4.78 is 5.83. The Bertz CT molecular complexity index is 1380. The Kier molecular flexibility index (Phi) is 11.0. The summed E-state index contributed by atoms with van der Waals surface area (Å²) in [5.74, 6) is 0.520. The predicted molar refractivity (Wildman–Crippen MR) is 164 cm³/mol. The average Bonchev–Trinajstić information content (AvgIpc) is 2.93. The molecule has 4 aromatic carbocycles. The van der Waals surface area contributed by atoms with E-state index in [0.29, 0.717) is 12.2 Å². The number of ether oxygens (including phenoxy) is 1. The second-order valence-electron chi connectivity index (χ2n) is 10.3. The second kappa shape index (κ2) is 15.1. The molecule has 2 nitrogen and oxygen atoms in total. The smallest absolute Gasteiger partial charge is 0.311 e. The number of unbranched alkanes of at least 4 members (excludes halogenated alkanes) is 8. The number of benzene rings is 4. The van der Waals surface area contributed by atoms with Gasteiger partial charge in [0.25, 0.3) is 0 Å². The third kappa shape index (κ3) is 8.31. The number of rotatable bonds is 15. The van der Waals surface area contributed by atoms with E-state index in [2.05, 4.69) is 85.8 Å². The molecule has 0 spiro atoms. The molecule has 2 heteroatoms. The van der Waals surface area contributed by atoms with E-state index >= 15 is 0 Å². The van der Waals surface area contributed by atoms with Crippen LogP contribution in [0.5, 0.6) is 5.75 Å². The monoisotopic (exact) mass is 506 g/mol. The Morgan fingerprint density at radius 3 is 1.97 bits per heavy atom. The molecule has 38 heavy (non-hydrogen) atoms. The van der Waals surface area contributed by atoms with E-state index in [9.17, 15) is 4.79 Å². The maximum absolute atomic E-state index is 12.6. The van der Waals surface area contributed by atoms with Crippen LogP contribution < -0.4 is 4.74 Å². The molecule has 0 amide bonds. The Labute approximate surface area is 228 Å². The summed E-state index contributed by atoms with van der Waals surface area (Å²) in [6.45, 7) is 2.25. The number of carbonyl (C=O) groups is 1. The number of esters is 1. The topological polar surface area (TPSA) is 26.3 Å². The molecular weight excluding hydrogens is 464 g/mol. The van der Waals surface area contributed by atoms with Crippen molar-refractivity contribution in [3.05, 3.63) is 91.0 Å². The van der Waals surface area contributed by atoms with Gasteiger partial charge in [0, 0.05) is 11.8 Å². The molecule has 0 fully saturated rings. The molecule has 0 aliphatic carbocycles. The lowest BCUT2D eigenvalue weighted by Gasteiger charge is -2.10. The van der Waals surface area contributed by atoms with Gasteiger partial charge >= 0.3 is 5.97 Å². The van der Waals surface area contributed by atoms with E-state index in [-0.39, 0.29) is 5.97 Å². The largest absolute Gasteiger partial charge is 0.426 e. The summed E-state index contributed by atoms with van der Waals surface area (Å²) >= 11 is 0. The first-order valence-electron chi connectivity index (χ1n) is 14.6. The molecule has 4 aromatic rings. The summed E-state index contributed by atoms with van der Waals surface area (Å²) in [6.07, 6.45) is 22.6. The van der Waals surface area contributed by atoms with Gasteiger partial charge in [-0.3, -0.25) is 4.79 Å². The van der Waals surface area contributed by atoms with Gasteiger partial charge < -0.3 is 4.74 Å². The molecule has 0 heterocycles. The van der Waals surface area contributed by atoms with Gasteiger partial charge in [0.1, 0.15) is 5.75 Å². The highest BCUT2D eigenvalue weighted by Crippen LogP contribution is 2.32. The summed E-state index contributed by atoms with van der Waals surface area (Å²) in [7, 11) is 0. The molecule has 0 saturated heterocycles. The molecule has 4 rings (SSSR count). The zero-order chi connectivity index (χ0) is 26.4. The minimum Gasteiger partial charge on any atom is -0.426 e. The van der Waals surface area contributed by atoms with Gasteiger partial charge in [0.15, 0.2) is 0 Å². The number of carbonyl (C=O) groups excluding carboxylic acids is 1. The summed E-state index contributed by atoms with van der Waals surface area (Å²) in [5.41, 5.74) is 0. The van der Waals surface area contributed by atoms with E-state index in [1.807, 2.05) is 12.1 Å². The van der Waals surface area contributed by atoms with E-state index in [1.165, 1.54) is 61.1 Å². The molecule has 0 aliphatic rings. The highest BCUT2D eigenvalue weighted by Gasteiger charge is 2.10. The van der Waals surface area contributed by atoms with E-state index in [1.54, 1.807) is 0 Å². The number of fused-ring (bicyclic) bond motifs is 3. The van der Waals surface area contributed by atoms with Crippen LogP contribution in [-0.4, -0.2) is 5.97 Å². The summed E-state index contributed by atoms with van der Waals surface area (Å²) in [5, 5.41) is 6.89. The molecule has 198 valence electrons. The fraction of sp³-hybridized carbons (Fsp3) is 0.361. The van der Waals surface area contributed by atoms with Gasteiger partial charge in [-0.15, -0.1) is 0 Å². The fourth-order valence-corrected chi connectivity index (χ4v) is 5.03. The van der Waals surface area contributed by atoms with Crippen LogP contribution in [-0.2, 0) is 4.79 Å². The molecule has 0 aliphatic heterocycles. The van der Waals surface area contributed by atoms with Crippen molar-refractivity contribution in [1.29, 1.82) is 0 Å². The minimum absolute atomic E-state index is 0.137.